The summed E-state index contributed by atoms with van der Waals surface area (Å²) in [5, 5.41) is 2.64. The summed E-state index contributed by atoms with van der Waals surface area (Å²) >= 11 is 0. The lowest BCUT2D eigenvalue weighted by atomic mass is 10.1. The third-order valence-electron chi connectivity index (χ3n) is 2.64. The predicted octanol–water partition coefficient (Wildman–Crippen LogP) is 2.67. The molecule has 0 atom stereocenters. The quantitative estimate of drug-likeness (QED) is 0.871. The van der Waals surface area contributed by atoms with Crippen molar-refractivity contribution in [3.05, 3.63) is 53.0 Å². The fraction of sp³-hybridized carbons (Fsp3) is 0.143. The standard InChI is InChI=1S/C14H14FN3O/c1-8-3-10(6-11(15)4-8)14(19)18-13-9(2)5-12(16)7-17-13/h3-7H,16H2,1-2H3,(H,17,18,19). The van der Waals surface area contributed by atoms with Gasteiger partial charge in [-0.05, 0) is 49.2 Å². The van der Waals surface area contributed by atoms with E-state index < -0.39 is 11.7 Å². The number of nitrogen functional groups attached to an aromatic ring is 1. The Morgan fingerprint density at radius 1 is 1.26 bits per heavy atom. The van der Waals surface area contributed by atoms with Gasteiger partial charge in [0.1, 0.15) is 11.6 Å². The van der Waals surface area contributed by atoms with Crippen LogP contribution in [0.25, 0.3) is 0 Å². The Morgan fingerprint density at radius 3 is 2.63 bits per heavy atom. The molecule has 1 aromatic carbocycles. The van der Waals surface area contributed by atoms with Crippen LogP contribution < -0.4 is 11.1 Å². The summed E-state index contributed by atoms with van der Waals surface area (Å²) in [6.07, 6.45) is 1.46. The van der Waals surface area contributed by atoms with E-state index in [9.17, 15) is 9.18 Å². The molecule has 0 saturated heterocycles. The summed E-state index contributed by atoms with van der Waals surface area (Å²) in [5.41, 5.74) is 7.81. The van der Waals surface area contributed by atoms with Crippen LogP contribution in [0.5, 0.6) is 0 Å². The van der Waals surface area contributed by atoms with E-state index in [-0.39, 0.29) is 5.56 Å². The molecule has 2 aromatic rings. The minimum Gasteiger partial charge on any atom is -0.397 e. The van der Waals surface area contributed by atoms with E-state index in [2.05, 4.69) is 10.3 Å². The van der Waals surface area contributed by atoms with Gasteiger partial charge in [-0.2, -0.15) is 0 Å². The summed E-state index contributed by atoms with van der Waals surface area (Å²) in [5.74, 6) is -0.420. The van der Waals surface area contributed by atoms with Crippen molar-refractivity contribution in [1.82, 2.24) is 4.98 Å². The molecule has 0 fully saturated rings. The fourth-order valence-electron chi connectivity index (χ4n) is 1.77. The molecule has 1 heterocycles. The maximum Gasteiger partial charge on any atom is 0.256 e. The minimum absolute atomic E-state index is 0.260. The Kier molecular flexibility index (Phi) is 3.46. The maximum atomic E-state index is 13.2. The molecule has 0 aliphatic rings. The number of halogens is 1. The molecule has 2 rings (SSSR count). The third-order valence-corrected chi connectivity index (χ3v) is 2.64. The Morgan fingerprint density at radius 2 is 2.00 bits per heavy atom. The second kappa shape index (κ2) is 5.06. The first kappa shape index (κ1) is 13.0. The van der Waals surface area contributed by atoms with Crippen LogP contribution in [0.1, 0.15) is 21.5 Å². The number of carbonyl (C=O) groups is 1. The zero-order valence-corrected chi connectivity index (χ0v) is 10.7. The van der Waals surface area contributed by atoms with Gasteiger partial charge in [0, 0.05) is 5.56 Å². The smallest absolute Gasteiger partial charge is 0.256 e. The van der Waals surface area contributed by atoms with Crippen LogP contribution in [0.3, 0.4) is 0 Å². The molecule has 19 heavy (non-hydrogen) atoms. The average molecular weight is 259 g/mol. The number of hydrogen-bond acceptors (Lipinski definition) is 3. The zero-order valence-electron chi connectivity index (χ0n) is 10.7. The molecule has 1 aromatic heterocycles. The lowest BCUT2D eigenvalue weighted by Gasteiger charge is -2.08. The van der Waals surface area contributed by atoms with Crippen LogP contribution in [0.4, 0.5) is 15.9 Å². The Hall–Kier alpha value is -2.43. The highest BCUT2D eigenvalue weighted by molar-refractivity contribution is 6.04. The number of nitrogens with zero attached hydrogens (tertiary/aromatic N) is 1. The molecular weight excluding hydrogens is 245 g/mol. The molecule has 0 aliphatic carbocycles. The number of aryl methyl sites for hydroxylation is 2. The van der Waals surface area contributed by atoms with E-state index in [0.717, 1.165) is 5.56 Å². The molecule has 0 bridgehead atoms. The second-order valence-electron chi connectivity index (χ2n) is 4.41. The Labute approximate surface area is 110 Å². The molecule has 0 saturated carbocycles. The highest BCUT2D eigenvalue weighted by Crippen LogP contribution is 2.16. The molecule has 0 spiro atoms. The molecule has 0 unspecified atom stereocenters. The number of benzene rings is 1. The highest BCUT2D eigenvalue weighted by Gasteiger charge is 2.10. The molecule has 1 amide bonds. The van der Waals surface area contributed by atoms with Crippen LogP contribution in [-0.2, 0) is 0 Å². The van der Waals surface area contributed by atoms with Crippen molar-refractivity contribution in [2.45, 2.75) is 13.8 Å². The number of anilines is 2. The van der Waals surface area contributed by atoms with Crippen molar-refractivity contribution < 1.29 is 9.18 Å². The van der Waals surface area contributed by atoms with E-state index in [4.69, 9.17) is 5.73 Å². The molecule has 0 aliphatic heterocycles. The number of nitrogens with one attached hydrogen (secondary N) is 1. The molecule has 4 nitrogen and oxygen atoms in total. The molecule has 3 N–H and O–H groups in total. The number of rotatable bonds is 2. The second-order valence-corrected chi connectivity index (χ2v) is 4.41. The van der Waals surface area contributed by atoms with Crippen LogP contribution in [0, 0.1) is 19.7 Å². The Balaban J connectivity index is 2.25. The summed E-state index contributed by atoms with van der Waals surface area (Å²) in [7, 11) is 0. The first-order valence-electron chi connectivity index (χ1n) is 5.76. The van der Waals surface area contributed by atoms with Gasteiger partial charge < -0.3 is 11.1 Å². The van der Waals surface area contributed by atoms with Crippen molar-refractivity contribution in [3.8, 4) is 0 Å². The van der Waals surface area contributed by atoms with Gasteiger partial charge in [-0.3, -0.25) is 4.79 Å². The van der Waals surface area contributed by atoms with Crippen molar-refractivity contribution >= 4 is 17.4 Å². The summed E-state index contributed by atoms with van der Waals surface area (Å²) in [6.45, 7) is 3.52. The number of amides is 1. The SMILES string of the molecule is Cc1cc(F)cc(C(=O)Nc2ncc(N)cc2C)c1. The van der Waals surface area contributed by atoms with E-state index >= 15 is 0 Å². The average Bonchev–Trinajstić information content (AvgIpc) is 2.31. The van der Waals surface area contributed by atoms with Gasteiger partial charge in [-0.25, -0.2) is 9.37 Å². The van der Waals surface area contributed by atoms with Crippen molar-refractivity contribution in [3.63, 3.8) is 0 Å². The van der Waals surface area contributed by atoms with Crippen molar-refractivity contribution in [1.29, 1.82) is 0 Å². The maximum absolute atomic E-state index is 13.2. The van der Waals surface area contributed by atoms with Crippen LogP contribution in [0.2, 0.25) is 0 Å². The number of hydrogen-bond donors (Lipinski definition) is 2. The van der Waals surface area contributed by atoms with E-state index in [0.29, 0.717) is 17.1 Å². The van der Waals surface area contributed by atoms with Gasteiger partial charge >= 0.3 is 0 Å². The Bertz CT molecular complexity index is 620. The number of carbonyl (C=O) groups excluding carboxylic acids is 1. The van der Waals surface area contributed by atoms with Gasteiger partial charge in [0.05, 0.1) is 11.9 Å². The molecule has 5 heteroatoms. The zero-order chi connectivity index (χ0) is 14.0. The van der Waals surface area contributed by atoms with Gasteiger partial charge in [-0.1, -0.05) is 0 Å². The van der Waals surface area contributed by atoms with Crippen LogP contribution in [0.15, 0.2) is 30.5 Å². The van der Waals surface area contributed by atoms with Crippen LogP contribution >= 0.6 is 0 Å². The number of aromatic nitrogens is 1. The third kappa shape index (κ3) is 3.07. The summed E-state index contributed by atoms with van der Waals surface area (Å²) < 4.78 is 13.2. The monoisotopic (exact) mass is 259 g/mol. The number of nitrogens with two attached hydrogens (primary N) is 1. The number of pyridine rings is 1. The first-order chi connectivity index (χ1) is 8.95. The van der Waals surface area contributed by atoms with Gasteiger partial charge in [0.2, 0.25) is 0 Å². The van der Waals surface area contributed by atoms with E-state index in [1.165, 1.54) is 18.3 Å². The molecular formula is C14H14FN3O. The normalized spacial score (nSPS) is 10.3. The first-order valence-corrected chi connectivity index (χ1v) is 5.76. The van der Waals surface area contributed by atoms with Crippen LogP contribution in [-0.4, -0.2) is 10.9 Å². The topological polar surface area (TPSA) is 68.0 Å². The van der Waals surface area contributed by atoms with Gasteiger partial charge in [-0.15, -0.1) is 0 Å². The highest BCUT2D eigenvalue weighted by atomic mass is 19.1. The largest absolute Gasteiger partial charge is 0.397 e. The molecule has 0 radical (unpaired) electrons. The van der Waals surface area contributed by atoms with E-state index in [1.807, 2.05) is 0 Å². The van der Waals surface area contributed by atoms with Gasteiger partial charge in [0.15, 0.2) is 0 Å². The fourth-order valence-corrected chi connectivity index (χ4v) is 1.77. The summed E-state index contributed by atoms with van der Waals surface area (Å²) in [6, 6.07) is 5.88. The van der Waals surface area contributed by atoms with Gasteiger partial charge in [0.25, 0.3) is 5.91 Å². The lowest BCUT2D eigenvalue weighted by Crippen LogP contribution is -2.14. The molecule has 98 valence electrons. The summed E-state index contributed by atoms with van der Waals surface area (Å²) in [4.78, 5) is 16.0. The predicted molar refractivity (Wildman–Crippen MR) is 72.5 cm³/mol. The van der Waals surface area contributed by atoms with Crippen molar-refractivity contribution in [2.24, 2.45) is 0 Å². The van der Waals surface area contributed by atoms with Crippen molar-refractivity contribution in [2.75, 3.05) is 11.1 Å². The lowest BCUT2D eigenvalue weighted by molar-refractivity contribution is 0.102. The minimum atomic E-state index is -0.438. The van der Waals surface area contributed by atoms with E-state index in [1.54, 1.807) is 26.0 Å².